The first-order valence-corrected chi connectivity index (χ1v) is 6.74. The first-order chi connectivity index (χ1) is 9.97. The van der Waals surface area contributed by atoms with Crippen LogP contribution in [-0.4, -0.2) is 30.6 Å². The molecule has 0 saturated carbocycles. The maximum atomic E-state index is 10.8. The van der Waals surface area contributed by atoms with E-state index < -0.39 is 10.8 Å². The normalized spacial score (nSPS) is 10.5. The minimum atomic E-state index is -0.508. The third-order valence-electron chi connectivity index (χ3n) is 2.65. The molecule has 2 aromatic rings. The summed E-state index contributed by atoms with van der Waals surface area (Å²) in [6, 6.07) is 2.92. The lowest BCUT2D eigenvalue weighted by atomic mass is 10.3. The Morgan fingerprint density at radius 1 is 1.48 bits per heavy atom. The molecule has 0 spiro atoms. The largest absolute Gasteiger partial charge is 0.370 e. The second kappa shape index (κ2) is 6.31. The Bertz CT molecular complexity index is 669. The van der Waals surface area contributed by atoms with E-state index in [2.05, 4.69) is 15.2 Å². The average molecular weight is 308 g/mol. The Morgan fingerprint density at radius 3 is 2.81 bits per heavy atom. The van der Waals surface area contributed by atoms with Crippen LogP contribution in [0.25, 0.3) is 0 Å². The number of carbonyl (C=O) groups is 1. The molecule has 0 atom stereocenters. The Labute approximate surface area is 123 Å². The molecule has 0 unspecified atom stereocenters. The van der Waals surface area contributed by atoms with Crippen molar-refractivity contribution in [2.75, 3.05) is 0 Å². The van der Waals surface area contributed by atoms with Crippen LogP contribution in [0.5, 0.6) is 0 Å². The van der Waals surface area contributed by atoms with Crippen LogP contribution in [-0.2, 0) is 18.3 Å². The molecular formula is C11H12N6O3S. The van der Waals surface area contributed by atoms with Gasteiger partial charge >= 0.3 is 0 Å². The van der Waals surface area contributed by atoms with Crippen molar-refractivity contribution in [3.05, 3.63) is 34.3 Å². The number of aryl methyl sites for hydroxylation is 1. The second-order valence-corrected chi connectivity index (χ2v) is 5.13. The number of carbonyl (C=O) groups excluding carboxylic acids is 1. The number of nitrogens with zero attached hydrogens (tertiary/aromatic N) is 5. The number of hydrogen-bond donors (Lipinski definition) is 1. The van der Waals surface area contributed by atoms with Crippen molar-refractivity contribution in [3.8, 4) is 0 Å². The molecule has 2 rings (SSSR count). The lowest BCUT2D eigenvalue weighted by Crippen LogP contribution is -2.12. The maximum absolute atomic E-state index is 10.8. The molecule has 0 fully saturated rings. The van der Waals surface area contributed by atoms with E-state index in [-0.39, 0.29) is 12.1 Å². The highest BCUT2D eigenvalue weighted by Crippen LogP contribution is 2.25. The van der Waals surface area contributed by atoms with Gasteiger partial charge in [-0.3, -0.25) is 14.9 Å². The SMILES string of the molecule is Cn1c(CCC(N)=O)nnc1Sc1ccc([N+](=O)[O-])cn1. The summed E-state index contributed by atoms with van der Waals surface area (Å²) in [5.74, 6) is 0.238. The van der Waals surface area contributed by atoms with Gasteiger partial charge in [0.2, 0.25) is 5.91 Å². The van der Waals surface area contributed by atoms with Gasteiger partial charge in [0, 0.05) is 26.0 Å². The van der Waals surface area contributed by atoms with Crippen molar-refractivity contribution < 1.29 is 9.72 Å². The zero-order valence-electron chi connectivity index (χ0n) is 11.1. The van der Waals surface area contributed by atoms with Gasteiger partial charge in [-0.25, -0.2) is 4.98 Å². The molecule has 2 N–H and O–H groups in total. The van der Waals surface area contributed by atoms with E-state index in [9.17, 15) is 14.9 Å². The van der Waals surface area contributed by atoms with Crippen LogP contribution in [0.1, 0.15) is 12.2 Å². The van der Waals surface area contributed by atoms with Gasteiger partial charge in [-0.05, 0) is 17.8 Å². The highest BCUT2D eigenvalue weighted by molar-refractivity contribution is 7.99. The zero-order chi connectivity index (χ0) is 15.4. The molecule has 10 heteroatoms. The zero-order valence-corrected chi connectivity index (χ0v) is 11.9. The predicted octanol–water partition coefficient (Wildman–Crippen LogP) is 0.687. The lowest BCUT2D eigenvalue weighted by molar-refractivity contribution is -0.385. The first-order valence-electron chi connectivity index (χ1n) is 5.92. The van der Waals surface area contributed by atoms with Crippen LogP contribution in [0, 0.1) is 10.1 Å². The molecule has 9 nitrogen and oxygen atoms in total. The van der Waals surface area contributed by atoms with Crippen LogP contribution in [0.3, 0.4) is 0 Å². The molecule has 0 aromatic carbocycles. The molecule has 2 aromatic heterocycles. The van der Waals surface area contributed by atoms with Gasteiger partial charge < -0.3 is 10.3 Å². The smallest absolute Gasteiger partial charge is 0.287 e. The quantitative estimate of drug-likeness (QED) is 0.613. The first kappa shape index (κ1) is 14.9. The summed E-state index contributed by atoms with van der Waals surface area (Å²) in [5, 5.41) is 19.7. The lowest BCUT2D eigenvalue weighted by Gasteiger charge is -2.02. The van der Waals surface area contributed by atoms with Gasteiger partial charge in [0.1, 0.15) is 17.0 Å². The molecule has 110 valence electrons. The number of nitrogens with two attached hydrogens (primary N) is 1. The van der Waals surface area contributed by atoms with E-state index in [1.165, 1.54) is 24.0 Å². The topological polar surface area (TPSA) is 130 Å². The molecule has 21 heavy (non-hydrogen) atoms. The van der Waals surface area contributed by atoms with E-state index in [1.807, 2.05) is 0 Å². The molecule has 0 aliphatic heterocycles. The highest BCUT2D eigenvalue weighted by atomic mass is 32.2. The van der Waals surface area contributed by atoms with Crippen molar-refractivity contribution in [2.45, 2.75) is 23.0 Å². The van der Waals surface area contributed by atoms with Crippen molar-refractivity contribution in [3.63, 3.8) is 0 Å². The van der Waals surface area contributed by atoms with E-state index in [0.717, 1.165) is 0 Å². The fourth-order valence-electron chi connectivity index (χ4n) is 1.52. The van der Waals surface area contributed by atoms with E-state index >= 15 is 0 Å². The minimum Gasteiger partial charge on any atom is -0.370 e. The average Bonchev–Trinajstić information content (AvgIpc) is 2.78. The van der Waals surface area contributed by atoms with E-state index in [4.69, 9.17) is 5.73 Å². The Balaban J connectivity index is 2.09. The summed E-state index contributed by atoms with van der Waals surface area (Å²) in [4.78, 5) is 24.8. The molecule has 0 bridgehead atoms. The number of nitro groups is 1. The predicted molar refractivity (Wildman–Crippen MR) is 73.5 cm³/mol. The van der Waals surface area contributed by atoms with Gasteiger partial charge in [0.25, 0.3) is 5.69 Å². The van der Waals surface area contributed by atoms with Gasteiger partial charge in [0.15, 0.2) is 5.16 Å². The van der Waals surface area contributed by atoms with Crippen LogP contribution in [0.2, 0.25) is 0 Å². The standard InChI is InChI=1S/C11H12N6O3S/c1-16-9(4-3-8(12)18)14-15-11(16)21-10-5-2-7(6-13-10)17(19)20/h2,5-6H,3-4H2,1H3,(H2,12,18). The summed E-state index contributed by atoms with van der Waals surface area (Å²) in [6.07, 6.45) is 1.80. The third kappa shape index (κ3) is 3.75. The summed E-state index contributed by atoms with van der Waals surface area (Å²) >= 11 is 1.23. The van der Waals surface area contributed by atoms with Crippen molar-refractivity contribution in [2.24, 2.45) is 12.8 Å². The summed E-state index contributed by atoms with van der Waals surface area (Å²) in [5.41, 5.74) is 5.02. The fourth-order valence-corrected chi connectivity index (χ4v) is 2.27. The Morgan fingerprint density at radius 2 is 2.24 bits per heavy atom. The van der Waals surface area contributed by atoms with Crippen LogP contribution in [0.4, 0.5) is 5.69 Å². The van der Waals surface area contributed by atoms with Gasteiger partial charge in [-0.2, -0.15) is 0 Å². The van der Waals surface area contributed by atoms with E-state index in [1.54, 1.807) is 17.7 Å². The number of rotatable bonds is 6. The number of pyridine rings is 1. The summed E-state index contributed by atoms with van der Waals surface area (Å²) in [6.45, 7) is 0. The number of aromatic nitrogens is 4. The Hall–Kier alpha value is -2.49. The number of primary amides is 1. The minimum absolute atomic E-state index is 0.0699. The Kier molecular flexibility index (Phi) is 4.48. The monoisotopic (exact) mass is 308 g/mol. The van der Waals surface area contributed by atoms with Crippen molar-refractivity contribution >= 4 is 23.4 Å². The summed E-state index contributed by atoms with van der Waals surface area (Å²) < 4.78 is 1.73. The molecule has 2 heterocycles. The highest BCUT2D eigenvalue weighted by Gasteiger charge is 2.12. The number of hydrogen-bond acceptors (Lipinski definition) is 7. The second-order valence-electron chi connectivity index (χ2n) is 4.14. The summed E-state index contributed by atoms with van der Waals surface area (Å²) in [7, 11) is 1.77. The van der Waals surface area contributed by atoms with Crippen LogP contribution in [0.15, 0.2) is 28.5 Å². The van der Waals surface area contributed by atoms with Crippen molar-refractivity contribution in [1.82, 2.24) is 19.7 Å². The van der Waals surface area contributed by atoms with Crippen LogP contribution < -0.4 is 5.73 Å². The molecule has 0 aliphatic carbocycles. The molecular weight excluding hydrogens is 296 g/mol. The third-order valence-corrected chi connectivity index (χ3v) is 3.64. The van der Waals surface area contributed by atoms with Crippen molar-refractivity contribution in [1.29, 1.82) is 0 Å². The van der Waals surface area contributed by atoms with Crippen LogP contribution >= 0.6 is 11.8 Å². The fraction of sp³-hybridized carbons (Fsp3) is 0.273. The molecule has 0 radical (unpaired) electrons. The maximum Gasteiger partial charge on any atom is 0.287 e. The molecule has 1 amide bonds. The van der Waals surface area contributed by atoms with Gasteiger partial charge in [-0.1, -0.05) is 0 Å². The number of amides is 1. The van der Waals surface area contributed by atoms with Gasteiger partial charge in [0.05, 0.1) is 4.92 Å². The molecule has 0 aliphatic rings. The molecule has 0 saturated heterocycles. The van der Waals surface area contributed by atoms with Gasteiger partial charge in [-0.15, -0.1) is 10.2 Å². The van der Waals surface area contributed by atoms with E-state index in [0.29, 0.717) is 22.4 Å².